The van der Waals surface area contributed by atoms with Gasteiger partial charge in [0, 0.05) is 18.5 Å². The molecule has 1 saturated carbocycles. The number of benzene rings is 1. The molecule has 3 heteroatoms. The molecule has 92 valence electrons. The summed E-state index contributed by atoms with van der Waals surface area (Å²) >= 11 is 12.2. The summed E-state index contributed by atoms with van der Waals surface area (Å²) in [5.41, 5.74) is 2.00. The Morgan fingerprint density at radius 2 is 1.94 bits per heavy atom. The average Bonchev–Trinajstić information content (AvgIpc) is 2.76. The molecule has 0 spiro atoms. The Morgan fingerprint density at radius 1 is 1.12 bits per heavy atom. The van der Waals surface area contributed by atoms with Gasteiger partial charge in [-0.1, -0.05) is 42.6 Å². The van der Waals surface area contributed by atoms with Crippen LogP contribution >= 0.6 is 23.2 Å². The average molecular weight is 270 g/mol. The number of hydrogen-bond acceptors (Lipinski definition) is 1. The van der Waals surface area contributed by atoms with Crippen molar-refractivity contribution in [1.82, 2.24) is 5.32 Å². The van der Waals surface area contributed by atoms with E-state index in [0.717, 1.165) is 13.1 Å². The maximum atomic E-state index is 6.17. The van der Waals surface area contributed by atoms with E-state index in [9.17, 15) is 0 Å². The minimum atomic E-state index is 0.265. The summed E-state index contributed by atoms with van der Waals surface area (Å²) in [5, 5.41) is 4.89. The van der Waals surface area contributed by atoms with E-state index < -0.39 is 0 Å². The fourth-order valence-corrected chi connectivity index (χ4v) is 4.12. The number of fused-ring (bicyclic) bond motifs is 1. The third-order valence-electron chi connectivity index (χ3n) is 4.90. The summed E-state index contributed by atoms with van der Waals surface area (Å²) in [4.78, 5) is 0. The third-order valence-corrected chi connectivity index (χ3v) is 5.64. The lowest BCUT2D eigenvalue weighted by atomic mass is 9.65. The quantitative estimate of drug-likeness (QED) is 0.812. The van der Waals surface area contributed by atoms with Crippen molar-refractivity contribution in [2.75, 3.05) is 13.1 Å². The summed E-state index contributed by atoms with van der Waals surface area (Å²) in [5.74, 6) is 0. The van der Waals surface area contributed by atoms with Gasteiger partial charge in [-0.15, -0.1) is 0 Å². The molecule has 1 aromatic rings. The van der Waals surface area contributed by atoms with Crippen molar-refractivity contribution in [3.05, 3.63) is 33.8 Å². The lowest BCUT2D eigenvalue weighted by Gasteiger charge is -2.37. The molecule has 1 aromatic carbocycles. The summed E-state index contributed by atoms with van der Waals surface area (Å²) < 4.78 is 0. The minimum absolute atomic E-state index is 0.265. The van der Waals surface area contributed by atoms with Crippen molar-refractivity contribution in [3.8, 4) is 0 Å². The minimum Gasteiger partial charge on any atom is -0.315 e. The van der Waals surface area contributed by atoms with Crippen LogP contribution in [0.5, 0.6) is 0 Å². The van der Waals surface area contributed by atoms with Crippen LogP contribution in [0.25, 0.3) is 0 Å². The molecule has 1 N–H and O–H groups in total. The van der Waals surface area contributed by atoms with E-state index in [1.54, 1.807) is 0 Å². The van der Waals surface area contributed by atoms with Gasteiger partial charge in [-0.05, 0) is 36.0 Å². The molecule has 2 atom stereocenters. The molecule has 2 fully saturated rings. The van der Waals surface area contributed by atoms with Crippen LogP contribution in [0.4, 0.5) is 0 Å². The fourth-order valence-electron chi connectivity index (χ4n) is 3.82. The zero-order chi connectivity index (χ0) is 12.1. The van der Waals surface area contributed by atoms with Crippen LogP contribution in [0.15, 0.2) is 18.2 Å². The van der Waals surface area contributed by atoms with E-state index in [-0.39, 0.29) is 5.41 Å². The molecule has 1 saturated heterocycles. The normalized spacial score (nSPS) is 36.2. The zero-order valence-corrected chi connectivity index (χ0v) is 11.5. The third kappa shape index (κ3) is 1.56. The second-order valence-electron chi connectivity index (χ2n) is 5.73. The van der Waals surface area contributed by atoms with Crippen LogP contribution in [0, 0.1) is 5.41 Å². The van der Waals surface area contributed by atoms with Gasteiger partial charge >= 0.3 is 0 Å². The van der Waals surface area contributed by atoms with E-state index in [2.05, 4.69) is 24.4 Å². The van der Waals surface area contributed by atoms with Gasteiger partial charge in [0.15, 0.2) is 0 Å². The SMILES string of the molecule is C[C@]12CCC[C@@]1(c1ccc(Cl)c(Cl)c1)CNC2. The Morgan fingerprint density at radius 3 is 2.71 bits per heavy atom. The first-order valence-electron chi connectivity index (χ1n) is 6.24. The molecular weight excluding hydrogens is 253 g/mol. The van der Waals surface area contributed by atoms with Crippen molar-refractivity contribution in [3.63, 3.8) is 0 Å². The highest BCUT2D eigenvalue weighted by Crippen LogP contribution is 2.56. The Bertz CT molecular complexity index is 446. The Labute approximate surface area is 112 Å². The number of halogens is 2. The Kier molecular flexibility index (Phi) is 2.70. The van der Waals surface area contributed by atoms with Crippen molar-refractivity contribution in [1.29, 1.82) is 0 Å². The van der Waals surface area contributed by atoms with Crippen LogP contribution in [-0.2, 0) is 5.41 Å². The Balaban J connectivity index is 2.10. The molecule has 2 aliphatic rings. The number of hydrogen-bond donors (Lipinski definition) is 1. The van der Waals surface area contributed by atoms with Crippen LogP contribution in [0.1, 0.15) is 31.7 Å². The van der Waals surface area contributed by atoms with Crippen LogP contribution < -0.4 is 5.32 Å². The first-order valence-corrected chi connectivity index (χ1v) is 6.99. The van der Waals surface area contributed by atoms with Gasteiger partial charge in [-0.25, -0.2) is 0 Å². The molecule has 0 bridgehead atoms. The van der Waals surface area contributed by atoms with E-state index in [1.807, 2.05) is 6.07 Å². The topological polar surface area (TPSA) is 12.0 Å². The van der Waals surface area contributed by atoms with Gasteiger partial charge in [0.2, 0.25) is 0 Å². The second kappa shape index (κ2) is 3.88. The lowest BCUT2D eigenvalue weighted by Crippen LogP contribution is -2.38. The van der Waals surface area contributed by atoms with Gasteiger partial charge < -0.3 is 5.32 Å². The molecule has 1 heterocycles. The van der Waals surface area contributed by atoms with E-state index in [0.29, 0.717) is 15.5 Å². The van der Waals surface area contributed by atoms with Gasteiger partial charge in [0.1, 0.15) is 0 Å². The molecule has 0 unspecified atom stereocenters. The maximum Gasteiger partial charge on any atom is 0.0595 e. The highest BCUT2D eigenvalue weighted by molar-refractivity contribution is 6.42. The highest BCUT2D eigenvalue weighted by atomic mass is 35.5. The molecule has 17 heavy (non-hydrogen) atoms. The van der Waals surface area contributed by atoms with Crippen LogP contribution in [0.2, 0.25) is 10.0 Å². The van der Waals surface area contributed by atoms with Crippen molar-refractivity contribution >= 4 is 23.2 Å². The highest BCUT2D eigenvalue weighted by Gasteiger charge is 2.55. The lowest BCUT2D eigenvalue weighted by molar-refractivity contribution is 0.252. The van der Waals surface area contributed by atoms with E-state index in [4.69, 9.17) is 23.2 Å². The summed E-state index contributed by atoms with van der Waals surface area (Å²) in [6.07, 6.45) is 3.88. The largest absolute Gasteiger partial charge is 0.315 e. The molecule has 1 nitrogen and oxygen atoms in total. The maximum absolute atomic E-state index is 6.17. The van der Waals surface area contributed by atoms with Crippen LogP contribution in [-0.4, -0.2) is 13.1 Å². The predicted octanol–water partition coefficient (Wildman–Crippen LogP) is 4.02. The molecule has 1 aliphatic heterocycles. The molecule has 0 radical (unpaired) electrons. The zero-order valence-electron chi connectivity index (χ0n) is 10.0. The van der Waals surface area contributed by atoms with Crippen molar-refractivity contribution in [2.24, 2.45) is 5.41 Å². The predicted molar refractivity (Wildman–Crippen MR) is 73.0 cm³/mol. The summed E-state index contributed by atoms with van der Waals surface area (Å²) in [6, 6.07) is 6.16. The Hall–Kier alpha value is -0.240. The number of rotatable bonds is 1. The van der Waals surface area contributed by atoms with Crippen molar-refractivity contribution in [2.45, 2.75) is 31.6 Å². The smallest absolute Gasteiger partial charge is 0.0595 e. The molecule has 1 aliphatic carbocycles. The van der Waals surface area contributed by atoms with Gasteiger partial charge in [0.25, 0.3) is 0 Å². The van der Waals surface area contributed by atoms with Gasteiger partial charge in [-0.3, -0.25) is 0 Å². The standard InChI is InChI=1S/C14H17Cl2N/c1-13-5-2-6-14(13,9-17-8-13)10-3-4-11(15)12(16)7-10/h3-4,7,17H,2,5-6,8-9H2,1H3/t13-,14+/m1/s1. The number of nitrogens with one attached hydrogen (secondary N) is 1. The van der Waals surface area contributed by atoms with E-state index in [1.165, 1.54) is 24.8 Å². The summed E-state index contributed by atoms with van der Waals surface area (Å²) in [7, 11) is 0. The second-order valence-corrected chi connectivity index (χ2v) is 6.54. The van der Waals surface area contributed by atoms with Gasteiger partial charge in [0.05, 0.1) is 10.0 Å². The molecule has 0 aromatic heterocycles. The monoisotopic (exact) mass is 269 g/mol. The van der Waals surface area contributed by atoms with Gasteiger partial charge in [-0.2, -0.15) is 0 Å². The first kappa shape index (κ1) is 11.8. The summed E-state index contributed by atoms with van der Waals surface area (Å²) in [6.45, 7) is 4.59. The molecule has 0 amide bonds. The fraction of sp³-hybridized carbons (Fsp3) is 0.571. The van der Waals surface area contributed by atoms with Crippen molar-refractivity contribution < 1.29 is 0 Å². The molecular formula is C14H17Cl2N. The first-order chi connectivity index (χ1) is 8.07. The van der Waals surface area contributed by atoms with Crippen LogP contribution in [0.3, 0.4) is 0 Å². The molecule has 3 rings (SSSR count). The van der Waals surface area contributed by atoms with E-state index >= 15 is 0 Å².